The third-order valence-corrected chi connectivity index (χ3v) is 8.29. The summed E-state index contributed by atoms with van der Waals surface area (Å²) < 4.78 is 44.9. The predicted octanol–water partition coefficient (Wildman–Crippen LogP) is 2.14. The van der Waals surface area contributed by atoms with Crippen LogP contribution >= 0.6 is 23.1 Å². The van der Waals surface area contributed by atoms with E-state index >= 15 is 0 Å². The van der Waals surface area contributed by atoms with Gasteiger partial charge in [0.25, 0.3) is 5.91 Å². The van der Waals surface area contributed by atoms with E-state index in [0.29, 0.717) is 37.6 Å². The maximum absolute atomic E-state index is 12.9. The molecule has 162 valence electrons. The molecule has 7 nitrogen and oxygen atoms in total. The molecule has 0 aliphatic carbocycles. The average molecular weight is 473 g/mol. The lowest BCUT2D eigenvalue weighted by Crippen LogP contribution is -2.38. The normalized spacial score (nSPS) is 15.0. The van der Waals surface area contributed by atoms with Crippen LogP contribution < -0.4 is 5.32 Å². The molecule has 30 heavy (non-hydrogen) atoms. The van der Waals surface area contributed by atoms with Crippen molar-refractivity contribution >= 4 is 45.0 Å². The molecule has 1 aromatic carbocycles. The number of rotatable bonds is 8. The third-order valence-electron chi connectivity index (χ3n) is 4.39. The van der Waals surface area contributed by atoms with Crippen molar-refractivity contribution < 1.29 is 27.1 Å². The Bertz CT molecular complexity index is 986. The zero-order valence-corrected chi connectivity index (χ0v) is 18.5. The molecule has 2 heterocycles. The van der Waals surface area contributed by atoms with Crippen LogP contribution in [0.2, 0.25) is 0 Å². The maximum Gasteiger partial charge on any atom is 0.350 e. The first-order valence-electron chi connectivity index (χ1n) is 9.21. The topological polar surface area (TPSA) is 92.8 Å². The van der Waals surface area contributed by atoms with Crippen molar-refractivity contribution in [1.29, 1.82) is 0 Å². The minimum Gasteiger partial charge on any atom is -0.451 e. The number of ether oxygens (including phenoxy) is 1. The Morgan fingerprint density at radius 1 is 1.13 bits per heavy atom. The summed E-state index contributed by atoms with van der Waals surface area (Å²) in [5.74, 6) is -0.255. The molecular formula is C19H21FN2O5S3. The number of benzene rings is 1. The number of nitrogens with zero attached hydrogens (tertiary/aromatic N) is 1. The second-order valence-corrected chi connectivity index (χ2v) is 10.5. The van der Waals surface area contributed by atoms with E-state index in [1.165, 1.54) is 27.9 Å². The van der Waals surface area contributed by atoms with Crippen molar-refractivity contribution in [3.8, 4) is 0 Å². The lowest BCUT2D eigenvalue weighted by Gasteiger charge is -2.25. The minimum absolute atomic E-state index is 0.0349. The van der Waals surface area contributed by atoms with E-state index in [2.05, 4.69) is 5.32 Å². The van der Waals surface area contributed by atoms with Crippen LogP contribution in [-0.2, 0) is 26.0 Å². The fraction of sp³-hybridized carbons (Fsp3) is 0.368. The molecule has 0 atom stereocenters. The molecule has 1 N–H and O–H groups in total. The van der Waals surface area contributed by atoms with Gasteiger partial charge in [0.2, 0.25) is 10.0 Å². The lowest BCUT2D eigenvalue weighted by atomic mass is 10.1. The summed E-state index contributed by atoms with van der Waals surface area (Å²) in [4.78, 5) is 24.2. The molecule has 1 aliphatic rings. The quantitative estimate of drug-likeness (QED) is 0.592. The van der Waals surface area contributed by atoms with Gasteiger partial charge in [-0.3, -0.25) is 4.79 Å². The van der Waals surface area contributed by atoms with E-state index in [-0.39, 0.29) is 15.6 Å². The number of hydrogen-bond acceptors (Lipinski definition) is 7. The lowest BCUT2D eigenvalue weighted by molar-refractivity contribution is -0.124. The Morgan fingerprint density at radius 3 is 2.53 bits per heavy atom. The van der Waals surface area contributed by atoms with Crippen molar-refractivity contribution in [3.05, 3.63) is 52.0 Å². The summed E-state index contributed by atoms with van der Waals surface area (Å²) in [7, 11) is -3.78. The van der Waals surface area contributed by atoms with Crippen LogP contribution in [-0.4, -0.2) is 62.3 Å². The van der Waals surface area contributed by atoms with Crippen molar-refractivity contribution in [3.63, 3.8) is 0 Å². The Morgan fingerprint density at radius 2 is 1.83 bits per heavy atom. The van der Waals surface area contributed by atoms with E-state index < -0.39 is 28.5 Å². The van der Waals surface area contributed by atoms with E-state index in [4.69, 9.17) is 4.74 Å². The van der Waals surface area contributed by atoms with Crippen molar-refractivity contribution in [1.82, 2.24) is 9.62 Å². The predicted molar refractivity (Wildman–Crippen MR) is 114 cm³/mol. The largest absolute Gasteiger partial charge is 0.451 e. The summed E-state index contributed by atoms with van der Waals surface area (Å²) in [6.07, 6.45) is 0.501. The zero-order chi connectivity index (χ0) is 21.6. The number of carbonyl (C=O) groups is 2. The molecular weight excluding hydrogens is 451 g/mol. The number of nitrogens with one attached hydrogen (secondary N) is 1. The molecule has 0 saturated carbocycles. The highest BCUT2D eigenvalue weighted by Crippen LogP contribution is 2.27. The second kappa shape index (κ2) is 10.4. The number of hydrogen-bond donors (Lipinski definition) is 1. The maximum atomic E-state index is 12.9. The third kappa shape index (κ3) is 5.81. The van der Waals surface area contributed by atoms with Crippen LogP contribution in [0.15, 0.2) is 40.6 Å². The van der Waals surface area contributed by atoms with Gasteiger partial charge >= 0.3 is 5.97 Å². The number of thioether (sulfide) groups is 1. The van der Waals surface area contributed by atoms with Crippen LogP contribution in [0.1, 0.15) is 15.2 Å². The van der Waals surface area contributed by atoms with Gasteiger partial charge in [0.15, 0.2) is 6.61 Å². The summed E-state index contributed by atoms with van der Waals surface area (Å²) >= 11 is 2.65. The number of carbonyl (C=O) groups excluding carboxylic acids is 2. The smallest absolute Gasteiger partial charge is 0.350 e. The Balaban J connectivity index is 1.51. The highest BCUT2D eigenvalue weighted by atomic mass is 32.2. The minimum atomic E-state index is -3.78. The molecule has 0 unspecified atom stereocenters. The van der Waals surface area contributed by atoms with E-state index in [9.17, 15) is 22.4 Å². The second-order valence-electron chi connectivity index (χ2n) is 6.43. The standard InChI is InChI=1S/C19H21FN2O5S3/c20-15-3-1-14(2-4-15)5-7-21-17(23)13-27-19(24)18-16(6-10-29-18)30(25,26)22-8-11-28-12-9-22/h1-4,6,10H,5,7-9,11-13H2,(H,21,23). The molecule has 0 spiro atoms. The van der Waals surface area contributed by atoms with Gasteiger partial charge in [-0.1, -0.05) is 12.1 Å². The summed E-state index contributed by atoms with van der Waals surface area (Å²) in [5.41, 5.74) is 0.859. The Labute approximate surface area is 182 Å². The van der Waals surface area contributed by atoms with Crippen molar-refractivity contribution in [2.45, 2.75) is 11.3 Å². The number of halogens is 1. The molecule has 0 radical (unpaired) electrons. The van der Waals surface area contributed by atoms with Gasteiger partial charge < -0.3 is 10.1 Å². The highest BCUT2D eigenvalue weighted by molar-refractivity contribution is 7.99. The fourth-order valence-electron chi connectivity index (χ4n) is 2.82. The number of thiophene rings is 1. The van der Waals surface area contributed by atoms with Crippen molar-refractivity contribution in [2.75, 3.05) is 37.7 Å². The summed E-state index contributed by atoms with van der Waals surface area (Å²) in [5, 5.41) is 4.13. The first-order valence-corrected chi connectivity index (χ1v) is 12.7. The molecule has 1 saturated heterocycles. The van der Waals surface area contributed by atoms with Gasteiger partial charge in [0, 0.05) is 31.1 Å². The Hall–Kier alpha value is -1.95. The number of sulfonamides is 1. The van der Waals surface area contributed by atoms with Gasteiger partial charge in [-0.05, 0) is 35.6 Å². The molecule has 1 amide bonds. The Kier molecular flexibility index (Phi) is 7.87. The van der Waals surface area contributed by atoms with Gasteiger partial charge in [-0.15, -0.1) is 11.3 Å². The number of esters is 1. The molecule has 11 heteroatoms. The first kappa shape index (κ1) is 22.7. The molecule has 1 fully saturated rings. The van der Waals surface area contributed by atoms with E-state index in [1.54, 1.807) is 23.9 Å². The summed E-state index contributed by atoms with van der Waals surface area (Å²) in [6.45, 7) is 0.579. The first-order chi connectivity index (χ1) is 14.4. The highest BCUT2D eigenvalue weighted by Gasteiger charge is 2.31. The average Bonchev–Trinajstić information content (AvgIpc) is 3.25. The molecule has 3 rings (SSSR count). The van der Waals surface area contributed by atoms with Crippen LogP contribution in [0.5, 0.6) is 0 Å². The van der Waals surface area contributed by atoms with E-state index in [0.717, 1.165) is 16.9 Å². The van der Waals surface area contributed by atoms with E-state index in [1.807, 2.05) is 0 Å². The fourth-order valence-corrected chi connectivity index (χ4v) is 6.68. The summed E-state index contributed by atoms with van der Waals surface area (Å²) in [6, 6.07) is 7.33. The zero-order valence-electron chi connectivity index (χ0n) is 16.0. The van der Waals surface area contributed by atoms with Crippen LogP contribution in [0, 0.1) is 5.82 Å². The van der Waals surface area contributed by atoms with Crippen LogP contribution in [0.3, 0.4) is 0 Å². The van der Waals surface area contributed by atoms with Crippen LogP contribution in [0.25, 0.3) is 0 Å². The molecule has 1 aliphatic heterocycles. The van der Waals surface area contributed by atoms with Gasteiger partial charge in [0.1, 0.15) is 15.6 Å². The van der Waals surface area contributed by atoms with Gasteiger partial charge in [-0.25, -0.2) is 17.6 Å². The monoisotopic (exact) mass is 472 g/mol. The SMILES string of the molecule is O=C(COC(=O)c1sccc1S(=O)(=O)N1CCSCC1)NCCc1ccc(F)cc1. The van der Waals surface area contributed by atoms with Crippen LogP contribution in [0.4, 0.5) is 4.39 Å². The molecule has 2 aromatic rings. The molecule has 1 aromatic heterocycles. The van der Waals surface area contributed by atoms with Crippen molar-refractivity contribution in [2.24, 2.45) is 0 Å². The molecule has 0 bridgehead atoms. The van der Waals surface area contributed by atoms with Gasteiger partial charge in [0.05, 0.1) is 0 Å². The number of amides is 1. The van der Waals surface area contributed by atoms with Gasteiger partial charge in [-0.2, -0.15) is 16.1 Å².